The van der Waals surface area contributed by atoms with Gasteiger partial charge in [0.1, 0.15) is 5.78 Å². The zero-order valence-electron chi connectivity index (χ0n) is 8.46. The predicted octanol–water partition coefficient (Wildman–Crippen LogP) is 0.210. The predicted molar refractivity (Wildman–Crippen MR) is 54.2 cm³/mol. The maximum absolute atomic E-state index is 11.2. The first-order valence-electron chi connectivity index (χ1n) is 4.98. The molecule has 0 aliphatic carbocycles. The lowest BCUT2D eigenvalue weighted by molar-refractivity contribution is 0.182. The van der Waals surface area contributed by atoms with Gasteiger partial charge in [-0.15, -0.1) is 0 Å². The third-order valence-electron chi connectivity index (χ3n) is 2.45. The number of hydrogen-bond acceptors (Lipinski definition) is 2. The van der Waals surface area contributed by atoms with Crippen molar-refractivity contribution in [1.29, 1.82) is 0 Å². The number of hydrogen-bond donors (Lipinski definition) is 2. The molecule has 0 aromatic rings. The molecule has 1 saturated heterocycles. The molecule has 0 saturated carbocycles. The van der Waals surface area contributed by atoms with Crippen molar-refractivity contribution in [3.8, 4) is 0 Å². The van der Waals surface area contributed by atoms with Gasteiger partial charge >= 0.3 is 7.60 Å². The molecule has 0 spiro atoms. The van der Waals surface area contributed by atoms with E-state index in [1.54, 1.807) is 0 Å². The minimum Gasteiger partial charge on any atom is -0.323 e. The van der Waals surface area contributed by atoms with E-state index < -0.39 is 13.4 Å². The first-order valence-corrected chi connectivity index (χ1v) is 6.66. The van der Waals surface area contributed by atoms with Crippen LogP contribution in [0.3, 0.4) is 0 Å². The van der Waals surface area contributed by atoms with E-state index in [4.69, 9.17) is 0 Å². The highest BCUT2D eigenvalue weighted by molar-refractivity contribution is 7.52. The van der Waals surface area contributed by atoms with Crippen molar-refractivity contribution in [3.63, 3.8) is 0 Å². The topological polar surface area (TPSA) is 74.9 Å². The van der Waals surface area contributed by atoms with Crippen LogP contribution in [-0.4, -0.2) is 46.6 Å². The monoisotopic (exact) mass is 221 g/mol. The SMILES string of the molecule is CCCC(N1CC[N]CC1)P(=O)(O)O. The lowest BCUT2D eigenvalue weighted by Gasteiger charge is -2.34. The fraction of sp³-hybridized carbons (Fsp3) is 1.00. The average molecular weight is 221 g/mol. The van der Waals surface area contributed by atoms with Gasteiger partial charge in [0.2, 0.25) is 0 Å². The number of piperazine rings is 1. The lowest BCUT2D eigenvalue weighted by Crippen LogP contribution is -2.45. The Hall–Kier alpha value is 0.0700. The third kappa shape index (κ3) is 3.33. The van der Waals surface area contributed by atoms with Crippen LogP contribution in [0.1, 0.15) is 19.8 Å². The number of nitrogens with zero attached hydrogens (tertiary/aromatic N) is 2. The van der Waals surface area contributed by atoms with E-state index in [1.165, 1.54) is 0 Å². The quantitative estimate of drug-likeness (QED) is 0.665. The van der Waals surface area contributed by atoms with Crippen molar-refractivity contribution in [2.75, 3.05) is 26.2 Å². The van der Waals surface area contributed by atoms with E-state index in [0.717, 1.165) is 6.42 Å². The minimum absolute atomic E-state index is 0.560. The van der Waals surface area contributed by atoms with Gasteiger partial charge in [-0.25, -0.2) is 5.32 Å². The van der Waals surface area contributed by atoms with Crippen LogP contribution in [0.25, 0.3) is 0 Å². The molecule has 1 unspecified atom stereocenters. The average Bonchev–Trinajstić information content (AvgIpc) is 2.14. The Morgan fingerprint density at radius 2 is 2.00 bits per heavy atom. The second-order valence-electron chi connectivity index (χ2n) is 3.57. The molecule has 1 heterocycles. The zero-order chi connectivity index (χ0) is 10.6. The highest BCUT2D eigenvalue weighted by atomic mass is 31.2. The minimum atomic E-state index is -3.98. The second kappa shape index (κ2) is 5.24. The van der Waals surface area contributed by atoms with Crippen LogP contribution in [0.15, 0.2) is 0 Å². The smallest absolute Gasteiger partial charge is 0.323 e. The normalized spacial score (nSPS) is 22.2. The Bertz CT molecular complexity index is 213. The van der Waals surface area contributed by atoms with Crippen LogP contribution in [0, 0.1) is 0 Å². The largest absolute Gasteiger partial charge is 0.342 e. The fourth-order valence-corrected chi connectivity index (χ4v) is 2.99. The van der Waals surface area contributed by atoms with Gasteiger partial charge in [0, 0.05) is 26.2 Å². The zero-order valence-corrected chi connectivity index (χ0v) is 9.36. The van der Waals surface area contributed by atoms with E-state index >= 15 is 0 Å². The van der Waals surface area contributed by atoms with Gasteiger partial charge in [0.05, 0.1) is 0 Å². The van der Waals surface area contributed by atoms with Gasteiger partial charge in [0.25, 0.3) is 0 Å². The van der Waals surface area contributed by atoms with Crippen molar-refractivity contribution >= 4 is 7.60 Å². The van der Waals surface area contributed by atoms with Gasteiger partial charge < -0.3 is 9.79 Å². The van der Waals surface area contributed by atoms with Crippen molar-refractivity contribution in [3.05, 3.63) is 0 Å². The molecule has 1 radical (unpaired) electrons. The molecule has 0 aromatic heterocycles. The lowest BCUT2D eigenvalue weighted by atomic mass is 10.3. The first-order chi connectivity index (χ1) is 6.55. The molecule has 6 heteroatoms. The second-order valence-corrected chi connectivity index (χ2v) is 5.34. The molecule has 1 atom stereocenters. The summed E-state index contributed by atoms with van der Waals surface area (Å²) >= 11 is 0. The molecular formula is C8H18N2O3P. The Morgan fingerprint density at radius 1 is 1.43 bits per heavy atom. The summed E-state index contributed by atoms with van der Waals surface area (Å²) in [5.74, 6) is -0.594. The molecular weight excluding hydrogens is 203 g/mol. The molecule has 2 N–H and O–H groups in total. The van der Waals surface area contributed by atoms with Crippen LogP contribution < -0.4 is 5.32 Å². The third-order valence-corrected chi connectivity index (χ3v) is 3.81. The van der Waals surface area contributed by atoms with Gasteiger partial charge in [-0.2, -0.15) is 0 Å². The summed E-state index contributed by atoms with van der Waals surface area (Å²) in [5, 5.41) is 4.16. The summed E-state index contributed by atoms with van der Waals surface area (Å²) in [6.07, 6.45) is 1.35. The molecule has 14 heavy (non-hydrogen) atoms. The van der Waals surface area contributed by atoms with Crippen molar-refractivity contribution in [2.45, 2.75) is 25.5 Å². The van der Waals surface area contributed by atoms with E-state index in [0.29, 0.717) is 32.6 Å². The van der Waals surface area contributed by atoms with Crippen LogP contribution in [-0.2, 0) is 4.57 Å². The Morgan fingerprint density at radius 3 is 2.43 bits per heavy atom. The van der Waals surface area contributed by atoms with Gasteiger partial charge in [-0.1, -0.05) is 13.3 Å². The molecule has 1 rings (SSSR count). The van der Waals surface area contributed by atoms with E-state index in [2.05, 4.69) is 5.32 Å². The summed E-state index contributed by atoms with van der Waals surface area (Å²) in [7, 11) is -3.98. The summed E-state index contributed by atoms with van der Waals surface area (Å²) in [6, 6.07) is 0. The Labute approximate surface area is 84.6 Å². The van der Waals surface area contributed by atoms with Gasteiger partial charge in [-0.05, 0) is 6.42 Å². The van der Waals surface area contributed by atoms with E-state index in [1.807, 2.05) is 11.8 Å². The van der Waals surface area contributed by atoms with E-state index in [-0.39, 0.29) is 0 Å². The summed E-state index contributed by atoms with van der Waals surface area (Å²) in [4.78, 5) is 20.3. The standard InChI is InChI=1S/C8H18N2O3P/c1-2-3-8(14(11,12)13)10-6-4-9-5-7-10/h8H,2-7H2,1H3,(H2,11,12,13). The van der Waals surface area contributed by atoms with Crippen molar-refractivity contribution in [1.82, 2.24) is 10.2 Å². The molecule has 1 fully saturated rings. The molecule has 1 aliphatic rings. The summed E-state index contributed by atoms with van der Waals surface area (Å²) < 4.78 is 11.2. The molecule has 5 nitrogen and oxygen atoms in total. The highest BCUT2D eigenvalue weighted by Crippen LogP contribution is 2.45. The molecule has 0 amide bonds. The molecule has 0 bridgehead atoms. The van der Waals surface area contributed by atoms with Crippen LogP contribution in [0.5, 0.6) is 0 Å². The molecule has 0 aromatic carbocycles. The molecule has 1 aliphatic heterocycles. The van der Waals surface area contributed by atoms with Crippen molar-refractivity contribution in [2.24, 2.45) is 0 Å². The first kappa shape index (κ1) is 12.1. The van der Waals surface area contributed by atoms with Crippen LogP contribution in [0.4, 0.5) is 0 Å². The summed E-state index contributed by atoms with van der Waals surface area (Å²) in [5.41, 5.74) is 0. The summed E-state index contributed by atoms with van der Waals surface area (Å²) in [6.45, 7) is 4.68. The maximum atomic E-state index is 11.2. The maximum Gasteiger partial charge on any atom is 0.342 e. The van der Waals surface area contributed by atoms with Crippen molar-refractivity contribution < 1.29 is 14.4 Å². The van der Waals surface area contributed by atoms with Crippen LogP contribution >= 0.6 is 7.60 Å². The van der Waals surface area contributed by atoms with Gasteiger partial charge in [0.15, 0.2) is 0 Å². The fourth-order valence-electron chi connectivity index (χ4n) is 1.74. The van der Waals surface area contributed by atoms with Crippen LogP contribution in [0.2, 0.25) is 0 Å². The van der Waals surface area contributed by atoms with Gasteiger partial charge in [-0.3, -0.25) is 9.46 Å². The molecule has 83 valence electrons. The Balaban J connectivity index is 2.61. The highest BCUT2D eigenvalue weighted by Gasteiger charge is 2.33. The van der Waals surface area contributed by atoms with E-state index in [9.17, 15) is 14.4 Å². The Kier molecular flexibility index (Phi) is 4.54. The number of rotatable bonds is 4.